The molecule has 1 N–H and O–H groups in total. The summed E-state index contributed by atoms with van der Waals surface area (Å²) >= 11 is 0. The number of sulfone groups is 1. The number of nitrogens with zero attached hydrogens (tertiary/aromatic N) is 2. The van der Waals surface area contributed by atoms with Crippen LogP contribution < -0.4 is 0 Å². The second-order valence-corrected chi connectivity index (χ2v) is 10.4. The lowest BCUT2D eigenvalue weighted by atomic mass is 10.1. The van der Waals surface area contributed by atoms with Gasteiger partial charge in [-0.2, -0.15) is 0 Å². The van der Waals surface area contributed by atoms with Crippen LogP contribution in [0, 0.1) is 5.92 Å². The molecule has 0 aliphatic carbocycles. The van der Waals surface area contributed by atoms with E-state index in [2.05, 4.69) is 18.8 Å². The molecule has 0 radical (unpaired) electrons. The molecule has 0 atom stereocenters. The molecule has 0 spiro atoms. The lowest BCUT2D eigenvalue weighted by Gasteiger charge is -2.13. The van der Waals surface area contributed by atoms with Crippen molar-refractivity contribution in [1.82, 2.24) is 9.55 Å². The number of aromatic nitrogens is 2. The van der Waals surface area contributed by atoms with Crippen LogP contribution in [0.5, 0.6) is 0 Å². The molecule has 0 amide bonds. The van der Waals surface area contributed by atoms with Crippen molar-refractivity contribution in [2.75, 3.05) is 6.26 Å². The number of imidazole rings is 1. The van der Waals surface area contributed by atoms with E-state index in [4.69, 9.17) is 0 Å². The summed E-state index contributed by atoms with van der Waals surface area (Å²) in [6.07, 6.45) is 3.90. The number of aliphatic hydroxyl groups is 1. The third kappa shape index (κ3) is 4.95. The summed E-state index contributed by atoms with van der Waals surface area (Å²) in [5.41, 5.74) is 2.37. The van der Waals surface area contributed by atoms with Gasteiger partial charge in [0.2, 0.25) is 0 Å². The van der Waals surface area contributed by atoms with Gasteiger partial charge >= 0.3 is 0 Å². The predicted octanol–water partition coefficient (Wildman–Crippen LogP) is 4.37. The van der Waals surface area contributed by atoms with Crippen LogP contribution in [0.4, 0.5) is 0 Å². The van der Waals surface area contributed by atoms with Crippen LogP contribution in [-0.4, -0.2) is 29.3 Å². The minimum Gasteiger partial charge on any atom is -0.384 e. The Kier molecular flexibility index (Phi) is 5.70. The van der Waals surface area contributed by atoms with Crippen LogP contribution in [0.25, 0.3) is 16.8 Å². The van der Waals surface area contributed by atoms with Gasteiger partial charge in [0.25, 0.3) is 0 Å². The molecule has 0 aliphatic rings. The molecule has 0 unspecified atom stereocenters. The van der Waals surface area contributed by atoms with Crippen molar-refractivity contribution in [3.63, 3.8) is 0 Å². The molecule has 0 bridgehead atoms. The largest absolute Gasteiger partial charge is 0.384 e. The fraction of sp³-hybridized carbons (Fsp3) is 0.348. The number of hydrogen-bond donors (Lipinski definition) is 1. The number of rotatable bonds is 6. The van der Waals surface area contributed by atoms with E-state index in [0.29, 0.717) is 16.5 Å². The predicted molar refractivity (Wildman–Crippen MR) is 116 cm³/mol. The lowest BCUT2D eigenvalue weighted by molar-refractivity contribution is 0.0741. The van der Waals surface area contributed by atoms with Crippen LogP contribution in [0.3, 0.4) is 0 Å². The lowest BCUT2D eigenvalue weighted by Crippen LogP contribution is -2.16. The van der Waals surface area contributed by atoms with E-state index in [0.717, 1.165) is 29.1 Å². The van der Waals surface area contributed by atoms with Crippen molar-refractivity contribution in [2.24, 2.45) is 5.92 Å². The molecule has 154 valence electrons. The monoisotopic (exact) mass is 412 g/mol. The molecular weight excluding hydrogens is 384 g/mol. The van der Waals surface area contributed by atoms with Gasteiger partial charge in [0.05, 0.1) is 10.6 Å². The van der Waals surface area contributed by atoms with Gasteiger partial charge in [0, 0.05) is 24.6 Å². The molecule has 1 heterocycles. The summed E-state index contributed by atoms with van der Waals surface area (Å²) < 4.78 is 25.7. The molecule has 5 nitrogen and oxygen atoms in total. The van der Waals surface area contributed by atoms with Gasteiger partial charge in [0.15, 0.2) is 9.84 Å². The van der Waals surface area contributed by atoms with Gasteiger partial charge < -0.3 is 9.67 Å². The second-order valence-electron chi connectivity index (χ2n) is 8.42. The van der Waals surface area contributed by atoms with Crippen molar-refractivity contribution >= 4 is 9.84 Å². The van der Waals surface area contributed by atoms with E-state index < -0.39 is 15.4 Å². The van der Waals surface area contributed by atoms with Crippen molar-refractivity contribution < 1.29 is 13.5 Å². The summed E-state index contributed by atoms with van der Waals surface area (Å²) in [4.78, 5) is 4.97. The van der Waals surface area contributed by atoms with Crippen molar-refractivity contribution in [3.05, 3.63) is 66.2 Å². The molecule has 1 aromatic heterocycles. The third-order valence-corrected chi connectivity index (χ3v) is 5.85. The first-order chi connectivity index (χ1) is 13.4. The van der Waals surface area contributed by atoms with Crippen molar-refractivity contribution in [3.8, 4) is 16.8 Å². The maximum absolute atomic E-state index is 11.8. The van der Waals surface area contributed by atoms with Crippen molar-refractivity contribution in [1.29, 1.82) is 0 Å². The Morgan fingerprint density at radius 2 is 1.72 bits per heavy atom. The smallest absolute Gasteiger partial charge is 0.175 e. The Bertz CT molecular complexity index is 1110. The molecule has 0 saturated heterocycles. The molecule has 0 aliphatic heterocycles. The molecular formula is C23H28N2O3S. The topological polar surface area (TPSA) is 72.2 Å². The van der Waals surface area contributed by atoms with Gasteiger partial charge in [-0.25, -0.2) is 13.4 Å². The van der Waals surface area contributed by atoms with E-state index in [-0.39, 0.29) is 0 Å². The minimum atomic E-state index is -3.25. The first-order valence-electron chi connectivity index (χ1n) is 9.67. The molecule has 2 aromatic carbocycles. The zero-order valence-electron chi connectivity index (χ0n) is 17.5. The minimum absolute atomic E-state index is 0.308. The van der Waals surface area contributed by atoms with E-state index >= 15 is 0 Å². The summed E-state index contributed by atoms with van der Waals surface area (Å²) in [6.45, 7) is 7.74. The SMILES string of the molecule is CC(C)Cc1nc(C(C)(C)O)cn1-c1ccc(-c2cccc(S(C)(=O)=O)c2)cc1. The zero-order valence-corrected chi connectivity index (χ0v) is 18.4. The summed E-state index contributed by atoms with van der Waals surface area (Å²) in [7, 11) is -3.25. The van der Waals surface area contributed by atoms with Crippen LogP contribution in [0.15, 0.2) is 59.6 Å². The standard InChI is InChI=1S/C23H28N2O3S/c1-16(2)13-22-24-21(23(3,4)26)15-25(22)19-11-9-17(10-12-19)18-7-6-8-20(14-18)29(5,27)28/h6-12,14-16,26H,13H2,1-5H3. The quantitative estimate of drug-likeness (QED) is 0.653. The highest BCUT2D eigenvalue weighted by atomic mass is 32.2. The van der Waals surface area contributed by atoms with Gasteiger partial charge in [-0.3, -0.25) is 0 Å². The molecule has 0 saturated carbocycles. The number of hydrogen-bond acceptors (Lipinski definition) is 4. The Balaban J connectivity index is 2.00. The van der Waals surface area contributed by atoms with Crippen LogP contribution in [-0.2, 0) is 21.9 Å². The summed E-state index contributed by atoms with van der Waals surface area (Å²) in [5.74, 6) is 1.34. The molecule has 29 heavy (non-hydrogen) atoms. The first-order valence-corrected chi connectivity index (χ1v) is 11.6. The molecule has 6 heteroatoms. The van der Waals surface area contributed by atoms with Gasteiger partial charge in [-0.1, -0.05) is 38.1 Å². The Morgan fingerprint density at radius 3 is 2.28 bits per heavy atom. The molecule has 3 aromatic rings. The third-order valence-electron chi connectivity index (χ3n) is 4.74. The maximum Gasteiger partial charge on any atom is 0.175 e. The van der Waals surface area contributed by atoms with Crippen LogP contribution >= 0.6 is 0 Å². The number of benzene rings is 2. The van der Waals surface area contributed by atoms with Gasteiger partial charge in [-0.15, -0.1) is 0 Å². The van der Waals surface area contributed by atoms with Crippen LogP contribution in [0.2, 0.25) is 0 Å². The fourth-order valence-corrected chi connectivity index (χ4v) is 3.83. The van der Waals surface area contributed by atoms with Crippen LogP contribution in [0.1, 0.15) is 39.2 Å². The first kappa shape index (κ1) is 21.3. The van der Waals surface area contributed by atoms with Gasteiger partial charge in [0.1, 0.15) is 11.4 Å². The Morgan fingerprint density at radius 1 is 1.07 bits per heavy atom. The van der Waals surface area contributed by atoms with E-state index in [1.807, 2.05) is 41.1 Å². The Hall–Kier alpha value is -2.44. The zero-order chi connectivity index (χ0) is 21.4. The highest BCUT2D eigenvalue weighted by molar-refractivity contribution is 7.90. The molecule has 0 fully saturated rings. The van der Waals surface area contributed by atoms with E-state index in [9.17, 15) is 13.5 Å². The highest BCUT2D eigenvalue weighted by Gasteiger charge is 2.22. The summed E-state index contributed by atoms with van der Waals surface area (Å²) in [5, 5.41) is 10.4. The average molecular weight is 413 g/mol. The Labute approximate surface area is 173 Å². The van der Waals surface area contributed by atoms with Gasteiger partial charge in [-0.05, 0) is 55.2 Å². The average Bonchev–Trinajstić information content (AvgIpc) is 3.05. The highest BCUT2D eigenvalue weighted by Crippen LogP contribution is 2.26. The van der Waals surface area contributed by atoms with E-state index in [1.54, 1.807) is 32.0 Å². The normalized spacial score (nSPS) is 12.5. The van der Waals surface area contributed by atoms with E-state index in [1.165, 1.54) is 6.26 Å². The second kappa shape index (κ2) is 7.76. The summed E-state index contributed by atoms with van der Waals surface area (Å²) in [6, 6.07) is 14.9. The fourth-order valence-electron chi connectivity index (χ4n) is 3.17. The maximum atomic E-state index is 11.8. The van der Waals surface area contributed by atoms with Crippen molar-refractivity contribution in [2.45, 2.75) is 44.6 Å². The molecule has 3 rings (SSSR count).